The summed E-state index contributed by atoms with van der Waals surface area (Å²) in [5, 5.41) is 10.8. The number of nitrogens with zero attached hydrogens (tertiary/aromatic N) is 3. The van der Waals surface area contributed by atoms with Crippen LogP contribution >= 0.6 is 0 Å². The second kappa shape index (κ2) is 8.76. The molecule has 2 N–H and O–H groups in total. The van der Waals surface area contributed by atoms with Crippen molar-refractivity contribution in [3.8, 4) is 11.3 Å². The van der Waals surface area contributed by atoms with Crippen molar-refractivity contribution >= 4 is 23.1 Å². The first-order valence-corrected chi connectivity index (χ1v) is 10.5. The van der Waals surface area contributed by atoms with E-state index >= 15 is 0 Å². The number of hydrogen-bond acceptors (Lipinski definition) is 5. The van der Waals surface area contributed by atoms with Crippen LogP contribution in [0.2, 0.25) is 0 Å². The number of rotatable bonds is 8. The summed E-state index contributed by atoms with van der Waals surface area (Å²) >= 11 is 0. The number of halogens is 1. The van der Waals surface area contributed by atoms with E-state index in [1.54, 1.807) is 16.8 Å². The number of anilines is 2. The topological polar surface area (TPSA) is 80.5 Å². The highest BCUT2D eigenvalue weighted by atomic mass is 19.1. The van der Waals surface area contributed by atoms with E-state index in [4.69, 9.17) is 4.74 Å². The summed E-state index contributed by atoms with van der Waals surface area (Å²) < 4.78 is 20.6. The Hall–Kier alpha value is -3.78. The molecule has 1 aliphatic rings. The molecular formula is C24H22FN5O2. The molecule has 7 nitrogen and oxygen atoms in total. The van der Waals surface area contributed by atoms with Crippen LogP contribution in [0.1, 0.15) is 11.1 Å². The minimum Gasteiger partial charge on any atom is -0.379 e. The lowest BCUT2D eigenvalue weighted by atomic mass is 10.1. The molecule has 0 aliphatic carbocycles. The van der Waals surface area contributed by atoms with Gasteiger partial charge in [-0.15, -0.1) is 5.10 Å². The molecule has 3 heterocycles. The molecule has 0 radical (unpaired) electrons. The third-order valence-electron chi connectivity index (χ3n) is 5.37. The minimum atomic E-state index is -0.228. The van der Waals surface area contributed by atoms with Crippen molar-refractivity contribution in [3.05, 3.63) is 77.7 Å². The fraction of sp³-hybridized carbons (Fsp3) is 0.208. The Morgan fingerprint density at radius 3 is 2.97 bits per heavy atom. The standard InChI is InChI=1S/C24H22FN5O2/c25-19-3-1-2-16(12-19)8-10-32-11-9-26-22-6-7-23-27-15-21(30(23)29-22)18-5-4-17-14-24(31)28-20(17)13-18/h1-7,12-13,15H,8-11,14H2,(H,26,29)(H,28,31). The van der Waals surface area contributed by atoms with Crippen molar-refractivity contribution in [1.29, 1.82) is 0 Å². The van der Waals surface area contributed by atoms with Gasteiger partial charge in [0, 0.05) is 17.8 Å². The molecule has 1 amide bonds. The monoisotopic (exact) mass is 431 g/mol. The maximum absolute atomic E-state index is 13.2. The minimum absolute atomic E-state index is 0.0121. The van der Waals surface area contributed by atoms with Crippen molar-refractivity contribution in [2.75, 3.05) is 30.4 Å². The van der Waals surface area contributed by atoms with Crippen molar-refractivity contribution in [1.82, 2.24) is 14.6 Å². The largest absolute Gasteiger partial charge is 0.379 e. The van der Waals surface area contributed by atoms with E-state index in [0.29, 0.717) is 38.4 Å². The summed E-state index contributed by atoms with van der Waals surface area (Å²) in [6.45, 7) is 1.63. The molecule has 0 atom stereocenters. The van der Waals surface area contributed by atoms with Crippen LogP contribution in [0.25, 0.3) is 16.9 Å². The molecule has 5 rings (SSSR count). The van der Waals surface area contributed by atoms with Crippen LogP contribution in [0, 0.1) is 5.82 Å². The molecular weight excluding hydrogens is 409 g/mol. The van der Waals surface area contributed by atoms with Gasteiger partial charge < -0.3 is 15.4 Å². The lowest BCUT2D eigenvalue weighted by Gasteiger charge is -2.09. The Labute approximate surface area is 184 Å². The first-order valence-electron chi connectivity index (χ1n) is 10.5. The third kappa shape index (κ3) is 4.31. The number of imidazole rings is 1. The molecule has 8 heteroatoms. The summed E-state index contributed by atoms with van der Waals surface area (Å²) in [5.74, 6) is 0.493. The fourth-order valence-corrected chi connectivity index (χ4v) is 3.77. The molecule has 0 unspecified atom stereocenters. The molecule has 0 fully saturated rings. The van der Waals surface area contributed by atoms with Gasteiger partial charge in [0.15, 0.2) is 5.65 Å². The first kappa shape index (κ1) is 20.1. The highest BCUT2D eigenvalue weighted by Gasteiger charge is 2.18. The van der Waals surface area contributed by atoms with Crippen molar-refractivity contribution in [2.45, 2.75) is 12.8 Å². The quantitative estimate of drug-likeness (QED) is 0.416. The second-order valence-corrected chi connectivity index (χ2v) is 7.65. The average molecular weight is 431 g/mol. The average Bonchev–Trinajstić information content (AvgIpc) is 3.37. The van der Waals surface area contributed by atoms with Crippen LogP contribution in [-0.4, -0.2) is 40.3 Å². The van der Waals surface area contributed by atoms with Gasteiger partial charge in [0.1, 0.15) is 11.6 Å². The number of aromatic nitrogens is 3. The molecule has 0 bridgehead atoms. The van der Waals surface area contributed by atoms with Crippen LogP contribution in [0.15, 0.2) is 60.8 Å². The molecule has 0 spiro atoms. The predicted molar refractivity (Wildman–Crippen MR) is 120 cm³/mol. The van der Waals surface area contributed by atoms with Crippen LogP contribution in [0.5, 0.6) is 0 Å². The van der Waals surface area contributed by atoms with E-state index in [9.17, 15) is 9.18 Å². The lowest BCUT2D eigenvalue weighted by molar-refractivity contribution is -0.115. The van der Waals surface area contributed by atoms with Crippen molar-refractivity contribution in [2.24, 2.45) is 0 Å². The number of carbonyl (C=O) groups excluding carboxylic acids is 1. The Morgan fingerprint density at radius 2 is 2.06 bits per heavy atom. The molecule has 2 aromatic heterocycles. The second-order valence-electron chi connectivity index (χ2n) is 7.65. The van der Waals surface area contributed by atoms with Gasteiger partial charge in [0.05, 0.1) is 31.5 Å². The third-order valence-corrected chi connectivity index (χ3v) is 5.37. The van der Waals surface area contributed by atoms with Gasteiger partial charge in [0.2, 0.25) is 5.91 Å². The van der Waals surface area contributed by atoms with Gasteiger partial charge >= 0.3 is 0 Å². The summed E-state index contributed by atoms with van der Waals surface area (Å²) in [7, 11) is 0. The molecule has 2 aromatic carbocycles. The summed E-state index contributed by atoms with van der Waals surface area (Å²) in [6.07, 6.45) is 2.86. The highest BCUT2D eigenvalue weighted by molar-refractivity contribution is 5.99. The summed E-state index contributed by atoms with van der Waals surface area (Å²) in [6, 6.07) is 16.2. The van der Waals surface area contributed by atoms with E-state index in [2.05, 4.69) is 20.7 Å². The Bertz CT molecular complexity index is 1290. The van der Waals surface area contributed by atoms with Crippen molar-refractivity contribution < 1.29 is 13.9 Å². The van der Waals surface area contributed by atoms with E-state index in [-0.39, 0.29) is 11.7 Å². The zero-order valence-corrected chi connectivity index (χ0v) is 17.3. The fourth-order valence-electron chi connectivity index (χ4n) is 3.77. The summed E-state index contributed by atoms with van der Waals surface area (Å²) in [5.41, 5.74) is 5.28. The Kier molecular flexibility index (Phi) is 5.51. The smallest absolute Gasteiger partial charge is 0.228 e. The van der Waals surface area contributed by atoms with Gasteiger partial charge in [0.25, 0.3) is 0 Å². The van der Waals surface area contributed by atoms with E-state index in [0.717, 1.165) is 33.7 Å². The molecule has 0 saturated heterocycles. The van der Waals surface area contributed by atoms with Gasteiger partial charge in [-0.05, 0) is 47.9 Å². The molecule has 162 valence electrons. The predicted octanol–water partition coefficient (Wildman–Crippen LogP) is 3.70. The SMILES string of the molecule is O=C1Cc2ccc(-c3cnc4ccc(NCCOCCc5cccc(F)c5)nn34)cc2N1. The number of carbonyl (C=O) groups is 1. The van der Waals surface area contributed by atoms with Crippen LogP contribution in [0.4, 0.5) is 15.9 Å². The van der Waals surface area contributed by atoms with Gasteiger partial charge in [-0.3, -0.25) is 4.79 Å². The Morgan fingerprint density at radius 1 is 1.12 bits per heavy atom. The van der Waals surface area contributed by atoms with Gasteiger partial charge in [-0.1, -0.05) is 24.3 Å². The normalized spacial score (nSPS) is 12.7. The number of amides is 1. The number of ether oxygens (including phenoxy) is 1. The maximum atomic E-state index is 13.2. The highest BCUT2D eigenvalue weighted by Crippen LogP contribution is 2.29. The van der Waals surface area contributed by atoms with Gasteiger partial charge in [-0.2, -0.15) is 0 Å². The number of nitrogens with one attached hydrogen (secondary N) is 2. The zero-order valence-electron chi connectivity index (χ0n) is 17.3. The molecule has 0 saturated carbocycles. The van der Waals surface area contributed by atoms with Crippen LogP contribution in [0.3, 0.4) is 0 Å². The Balaban J connectivity index is 1.20. The number of fused-ring (bicyclic) bond motifs is 2. The first-order chi connectivity index (χ1) is 15.7. The van der Waals surface area contributed by atoms with Crippen LogP contribution in [-0.2, 0) is 22.4 Å². The summed E-state index contributed by atoms with van der Waals surface area (Å²) in [4.78, 5) is 16.1. The number of benzene rings is 2. The van der Waals surface area contributed by atoms with E-state index < -0.39 is 0 Å². The molecule has 1 aliphatic heterocycles. The van der Waals surface area contributed by atoms with Gasteiger partial charge in [-0.25, -0.2) is 13.9 Å². The molecule has 32 heavy (non-hydrogen) atoms. The number of hydrogen-bond donors (Lipinski definition) is 2. The van der Waals surface area contributed by atoms with Crippen molar-refractivity contribution in [3.63, 3.8) is 0 Å². The lowest BCUT2D eigenvalue weighted by Crippen LogP contribution is -2.12. The van der Waals surface area contributed by atoms with Crippen LogP contribution < -0.4 is 10.6 Å². The molecule has 4 aromatic rings. The van der Waals surface area contributed by atoms with E-state index in [1.807, 2.05) is 36.4 Å². The zero-order chi connectivity index (χ0) is 21.9. The maximum Gasteiger partial charge on any atom is 0.228 e. The van der Waals surface area contributed by atoms with E-state index in [1.165, 1.54) is 12.1 Å².